The summed E-state index contributed by atoms with van der Waals surface area (Å²) < 4.78 is 5.95. The van der Waals surface area contributed by atoms with Gasteiger partial charge in [-0.1, -0.05) is 128 Å². The van der Waals surface area contributed by atoms with Crippen molar-refractivity contribution in [2.75, 3.05) is 0 Å². The SMILES string of the molecule is CCCCC/C=C\C/C=C\CCCCCCCC(=O)OC(CCCCCCCC)CCCCCCCCC(=O)O. The summed E-state index contributed by atoms with van der Waals surface area (Å²) in [6.07, 6.45) is 39.0. The van der Waals surface area contributed by atoms with Crippen LogP contribution >= 0.6 is 0 Å². The van der Waals surface area contributed by atoms with E-state index in [9.17, 15) is 9.59 Å². The number of unbranched alkanes of at least 4 members (excludes halogenated alkanes) is 18. The molecular weight excluding hydrogens is 496 g/mol. The molecule has 1 N–H and O–H groups in total. The van der Waals surface area contributed by atoms with Gasteiger partial charge in [-0.2, -0.15) is 0 Å². The molecule has 0 fully saturated rings. The van der Waals surface area contributed by atoms with Gasteiger partial charge >= 0.3 is 11.9 Å². The second kappa shape index (κ2) is 31.9. The van der Waals surface area contributed by atoms with E-state index in [2.05, 4.69) is 38.2 Å². The van der Waals surface area contributed by atoms with Gasteiger partial charge in [0, 0.05) is 12.8 Å². The molecule has 0 aliphatic rings. The molecule has 1 atom stereocenters. The summed E-state index contributed by atoms with van der Waals surface area (Å²) in [5, 5.41) is 8.74. The van der Waals surface area contributed by atoms with Crippen molar-refractivity contribution in [2.45, 2.75) is 193 Å². The molecule has 0 bridgehead atoms. The maximum atomic E-state index is 12.5. The zero-order valence-electron chi connectivity index (χ0n) is 26.7. The molecule has 0 aliphatic carbocycles. The van der Waals surface area contributed by atoms with Crippen LogP contribution in [0.5, 0.6) is 0 Å². The quantitative estimate of drug-likeness (QED) is 0.0518. The third-order valence-electron chi connectivity index (χ3n) is 7.68. The van der Waals surface area contributed by atoms with Crippen LogP contribution in [0.3, 0.4) is 0 Å². The van der Waals surface area contributed by atoms with E-state index in [0.717, 1.165) is 83.5 Å². The number of esters is 1. The van der Waals surface area contributed by atoms with E-state index < -0.39 is 5.97 Å². The number of rotatable bonds is 31. The Hall–Kier alpha value is -1.58. The van der Waals surface area contributed by atoms with Crippen molar-refractivity contribution in [1.29, 1.82) is 0 Å². The van der Waals surface area contributed by atoms with Gasteiger partial charge in [0.1, 0.15) is 6.10 Å². The smallest absolute Gasteiger partial charge is 0.306 e. The van der Waals surface area contributed by atoms with Crippen molar-refractivity contribution >= 4 is 11.9 Å². The van der Waals surface area contributed by atoms with Crippen LogP contribution < -0.4 is 0 Å². The minimum Gasteiger partial charge on any atom is -0.481 e. The number of ether oxygens (including phenoxy) is 1. The molecule has 0 aromatic rings. The van der Waals surface area contributed by atoms with Crippen molar-refractivity contribution in [3.63, 3.8) is 0 Å². The van der Waals surface area contributed by atoms with Gasteiger partial charge in [0.25, 0.3) is 0 Å². The summed E-state index contributed by atoms with van der Waals surface area (Å²) in [5.74, 6) is -0.700. The maximum absolute atomic E-state index is 12.5. The van der Waals surface area contributed by atoms with E-state index in [-0.39, 0.29) is 18.5 Å². The standard InChI is InChI=1S/C36H66O4/c1-3-5-7-9-11-12-13-14-15-16-17-18-19-25-29-33-36(39)40-34(30-26-22-10-8-6-4-2)31-27-23-20-21-24-28-32-35(37)38/h11-12,14-15,34H,3-10,13,16-33H2,1-2H3,(H,37,38)/b12-11-,15-14-. The zero-order valence-corrected chi connectivity index (χ0v) is 26.7. The van der Waals surface area contributed by atoms with Crippen LogP contribution in [0.2, 0.25) is 0 Å². The number of carboxylic acid groups (broad SMARTS) is 1. The number of carbonyl (C=O) groups is 2. The maximum Gasteiger partial charge on any atom is 0.306 e. The molecule has 0 amide bonds. The lowest BCUT2D eigenvalue weighted by atomic mass is 10.0. The first-order valence-corrected chi connectivity index (χ1v) is 17.3. The van der Waals surface area contributed by atoms with Gasteiger partial charge in [-0.15, -0.1) is 0 Å². The number of aliphatic carboxylic acids is 1. The first-order chi connectivity index (χ1) is 19.6. The molecule has 0 heterocycles. The number of allylic oxidation sites excluding steroid dienone is 4. The normalized spacial score (nSPS) is 12.4. The molecule has 0 saturated heterocycles. The summed E-state index contributed by atoms with van der Waals surface area (Å²) in [5.41, 5.74) is 0. The first-order valence-electron chi connectivity index (χ1n) is 17.3. The fourth-order valence-electron chi connectivity index (χ4n) is 5.10. The summed E-state index contributed by atoms with van der Waals surface area (Å²) in [7, 11) is 0. The molecule has 0 radical (unpaired) electrons. The third kappa shape index (κ3) is 31.0. The second-order valence-corrected chi connectivity index (χ2v) is 11.7. The fourth-order valence-corrected chi connectivity index (χ4v) is 5.10. The molecule has 40 heavy (non-hydrogen) atoms. The Morgan fingerprint density at radius 1 is 0.550 bits per heavy atom. The highest BCUT2D eigenvalue weighted by molar-refractivity contribution is 5.69. The van der Waals surface area contributed by atoms with E-state index in [1.165, 1.54) is 77.0 Å². The van der Waals surface area contributed by atoms with E-state index >= 15 is 0 Å². The monoisotopic (exact) mass is 562 g/mol. The van der Waals surface area contributed by atoms with Gasteiger partial charge < -0.3 is 9.84 Å². The van der Waals surface area contributed by atoms with Gasteiger partial charge in [0.05, 0.1) is 0 Å². The molecule has 1 unspecified atom stereocenters. The second-order valence-electron chi connectivity index (χ2n) is 11.7. The van der Waals surface area contributed by atoms with Crippen molar-refractivity contribution in [3.8, 4) is 0 Å². The lowest BCUT2D eigenvalue weighted by Gasteiger charge is -2.18. The van der Waals surface area contributed by atoms with Crippen LogP contribution in [0.4, 0.5) is 0 Å². The van der Waals surface area contributed by atoms with E-state index in [1.807, 2.05) is 0 Å². The summed E-state index contributed by atoms with van der Waals surface area (Å²) in [4.78, 5) is 23.2. The number of carbonyl (C=O) groups excluding carboxylic acids is 1. The summed E-state index contributed by atoms with van der Waals surface area (Å²) in [6, 6.07) is 0. The Bertz CT molecular complexity index is 610. The molecule has 4 heteroatoms. The molecule has 0 aromatic heterocycles. The molecule has 4 nitrogen and oxygen atoms in total. The van der Waals surface area contributed by atoms with Gasteiger partial charge in [0.2, 0.25) is 0 Å². The van der Waals surface area contributed by atoms with Crippen LogP contribution in [0, 0.1) is 0 Å². The van der Waals surface area contributed by atoms with Gasteiger partial charge in [0.15, 0.2) is 0 Å². The lowest BCUT2D eigenvalue weighted by Crippen LogP contribution is -2.18. The molecule has 0 saturated carbocycles. The van der Waals surface area contributed by atoms with Gasteiger partial charge in [-0.05, 0) is 70.6 Å². The third-order valence-corrected chi connectivity index (χ3v) is 7.68. The van der Waals surface area contributed by atoms with Crippen molar-refractivity contribution < 1.29 is 19.4 Å². The number of hydrogen-bond donors (Lipinski definition) is 1. The Balaban J connectivity index is 3.97. The van der Waals surface area contributed by atoms with Gasteiger partial charge in [-0.25, -0.2) is 0 Å². The van der Waals surface area contributed by atoms with Crippen LogP contribution in [0.15, 0.2) is 24.3 Å². The van der Waals surface area contributed by atoms with Crippen molar-refractivity contribution in [1.82, 2.24) is 0 Å². The Morgan fingerprint density at radius 2 is 0.975 bits per heavy atom. The molecule has 0 aromatic carbocycles. The van der Waals surface area contributed by atoms with Crippen LogP contribution in [-0.4, -0.2) is 23.1 Å². The Kier molecular flexibility index (Phi) is 30.7. The minimum absolute atomic E-state index is 0.00432. The highest BCUT2D eigenvalue weighted by Gasteiger charge is 2.14. The molecule has 234 valence electrons. The highest BCUT2D eigenvalue weighted by Crippen LogP contribution is 2.18. The number of carboxylic acids is 1. The summed E-state index contributed by atoms with van der Waals surface area (Å²) in [6.45, 7) is 4.49. The largest absolute Gasteiger partial charge is 0.481 e. The van der Waals surface area contributed by atoms with Crippen LogP contribution in [0.1, 0.15) is 187 Å². The topological polar surface area (TPSA) is 63.6 Å². The molecule has 0 aliphatic heterocycles. The van der Waals surface area contributed by atoms with E-state index in [4.69, 9.17) is 9.84 Å². The van der Waals surface area contributed by atoms with E-state index in [1.54, 1.807) is 0 Å². The van der Waals surface area contributed by atoms with Crippen molar-refractivity contribution in [2.24, 2.45) is 0 Å². The minimum atomic E-state index is -0.695. The van der Waals surface area contributed by atoms with Crippen LogP contribution in [0.25, 0.3) is 0 Å². The van der Waals surface area contributed by atoms with Crippen LogP contribution in [-0.2, 0) is 14.3 Å². The van der Waals surface area contributed by atoms with Crippen molar-refractivity contribution in [3.05, 3.63) is 24.3 Å². The number of hydrogen-bond acceptors (Lipinski definition) is 3. The Labute approximate surface area is 248 Å². The van der Waals surface area contributed by atoms with E-state index in [0.29, 0.717) is 6.42 Å². The molecule has 0 rings (SSSR count). The average molecular weight is 563 g/mol. The summed E-state index contributed by atoms with van der Waals surface area (Å²) >= 11 is 0. The predicted octanol–water partition coefficient (Wildman–Crippen LogP) is 11.7. The predicted molar refractivity (Wildman–Crippen MR) is 172 cm³/mol. The lowest BCUT2D eigenvalue weighted by molar-refractivity contribution is -0.150. The first kappa shape index (κ1) is 38.4. The van der Waals surface area contributed by atoms with Gasteiger partial charge in [-0.3, -0.25) is 9.59 Å². The Morgan fingerprint density at radius 3 is 1.52 bits per heavy atom. The zero-order chi connectivity index (χ0) is 29.4. The molecular formula is C36H66O4. The fraction of sp³-hybridized carbons (Fsp3) is 0.833. The highest BCUT2D eigenvalue weighted by atomic mass is 16.5. The average Bonchev–Trinajstić information content (AvgIpc) is 2.93. The molecule has 0 spiro atoms.